The predicted octanol–water partition coefficient (Wildman–Crippen LogP) is 4.38. The molecule has 1 N–H and O–H groups in total. The molecular formula is C21H36O4Si. The van der Waals surface area contributed by atoms with Gasteiger partial charge in [-0.15, -0.1) is 0 Å². The van der Waals surface area contributed by atoms with Gasteiger partial charge in [-0.05, 0) is 30.1 Å². The second kappa shape index (κ2) is 8.98. The second-order valence-electron chi connectivity index (χ2n) is 8.92. The van der Waals surface area contributed by atoms with Gasteiger partial charge >= 0.3 is 0 Å². The summed E-state index contributed by atoms with van der Waals surface area (Å²) in [5.41, 5.74) is 1.19. The van der Waals surface area contributed by atoms with Crippen LogP contribution in [0, 0.1) is 5.92 Å². The number of hydrogen-bond donors (Lipinski definition) is 1. The van der Waals surface area contributed by atoms with E-state index < -0.39 is 8.32 Å². The Morgan fingerprint density at radius 2 is 1.85 bits per heavy atom. The van der Waals surface area contributed by atoms with Crippen LogP contribution in [0.2, 0.25) is 18.1 Å². The van der Waals surface area contributed by atoms with Crippen molar-refractivity contribution in [3.8, 4) is 0 Å². The number of rotatable bonds is 10. The van der Waals surface area contributed by atoms with Crippen molar-refractivity contribution in [2.24, 2.45) is 5.92 Å². The minimum Gasteiger partial charge on any atom is -0.413 e. The Hall–Kier alpha value is -0.723. The molecule has 0 amide bonds. The summed E-state index contributed by atoms with van der Waals surface area (Å²) in [5, 5.41) is 9.49. The van der Waals surface area contributed by atoms with Gasteiger partial charge in [-0.2, -0.15) is 0 Å². The van der Waals surface area contributed by atoms with E-state index in [9.17, 15) is 5.11 Å². The summed E-state index contributed by atoms with van der Waals surface area (Å²) < 4.78 is 18.2. The smallest absolute Gasteiger partial charge is 0.192 e. The van der Waals surface area contributed by atoms with Crippen LogP contribution in [0.1, 0.15) is 39.7 Å². The number of aliphatic hydroxyl groups is 1. The van der Waals surface area contributed by atoms with E-state index in [4.69, 9.17) is 13.9 Å². The Morgan fingerprint density at radius 1 is 1.19 bits per heavy atom. The van der Waals surface area contributed by atoms with Gasteiger partial charge in [-0.25, -0.2) is 0 Å². The third-order valence-corrected chi connectivity index (χ3v) is 10.3. The molecule has 2 rings (SSSR count). The van der Waals surface area contributed by atoms with Gasteiger partial charge in [0.15, 0.2) is 8.32 Å². The Morgan fingerprint density at radius 3 is 2.38 bits per heavy atom. The van der Waals surface area contributed by atoms with Crippen LogP contribution < -0.4 is 0 Å². The zero-order valence-electron chi connectivity index (χ0n) is 17.2. The molecule has 1 aliphatic heterocycles. The summed E-state index contributed by atoms with van der Waals surface area (Å²) in [6, 6.07) is 10.2. The molecule has 0 bridgehead atoms. The van der Waals surface area contributed by atoms with E-state index in [1.807, 2.05) is 18.2 Å². The minimum absolute atomic E-state index is 0.0271. The Labute approximate surface area is 160 Å². The lowest BCUT2D eigenvalue weighted by Gasteiger charge is -2.41. The summed E-state index contributed by atoms with van der Waals surface area (Å²) in [6.07, 6.45) is 1.01. The van der Waals surface area contributed by atoms with Gasteiger partial charge in [-0.1, -0.05) is 58.0 Å². The molecule has 1 aromatic rings. The van der Waals surface area contributed by atoms with Gasteiger partial charge in [0.2, 0.25) is 0 Å². The van der Waals surface area contributed by atoms with Gasteiger partial charge in [0.05, 0.1) is 25.4 Å². The molecule has 1 saturated heterocycles. The van der Waals surface area contributed by atoms with E-state index in [2.05, 4.69) is 52.9 Å². The van der Waals surface area contributed by atoms with Crippen LogP contribution in [0.3, 0.4) is 0 Å². The summed E-state index contributed by atoms with van der Waals surface area (Å²) in [4.78, 5) is 0. The molecule has 4 nitrogen and oxygen atoms in total. The fourth-order valence-corrected chi connectivity index (χ4v) is 4.37. The first-order valence-electron chi connectivity index (χ1n) is 9.71. The normalized spacial score (nSPS) is 22.9. The first-order valence-corrected chi connectivity index (χ1v) is 12.6. The first-order chi connectivity index (χ1) is 12.2. The van der Waals surface area contributed by atoms with Crippen molar-refractivity contribution >= 4 is 8.32 Å². The standard InChI is InChI=1S/C21H36O4Si/c1-16(20-19(14-22)24-20)18(25-26(5,6)21(2,3)4)12-13-23-15-17-10-8-7-9-11-17/h7-11,16,18-20,22H,12-15H2,1-6H3/t16-,18+,19+,20+/m1/s1. The second-order valence-corrected chi connectivity index (χ2v) is 13.7. The summed E-state index contributed by atoms with van der Waals surface area (Å²) in [7, 11) is -1.88. The molecule has 4 atom stereocenters. The van der Waals surface area contributed by atoms with Crippen molar-refractivity contribution in [2.75, 3.05) is 13.2 Å². The molecule has 1 aliphatic rings. The van der Waals surface area contributed by atoms with Crippen molar-refractivity contribution in [3.05, 3.63) is 35.9 Å². The van der Waals surface area contributed by atoms with Crippen LogP contribution in [0.25, 0.3) is 0 Å². The average molecular weight is 381 g/mol. The van der Waals surface area contributed by atoms with E-state index in [0.29, 0.717) is 13.2 Å². The molecular weight excluding hydrogens is 344 g/mol. The van der Waals surface area contributed by atoms with Crippen molar-refractivity contribution in [1.29, 1.82) is 0 Å². The maximum Gasteiger partial charge on any atom is 0.192 e. The summed E-state index contributed by atoms with van der Waals surface area (Å²) in [5.74, 6) is 0.251. The van der Waals surface area contributed by atoms with Crippen molar-refractivity contribution in [1.82, 2.24) is 0 Å². The number of ether oxygens (including phenoxy) is 2. The fourth-order valence-electron chi connectivity index (χ4n) is 2.93. The van der Waals surface area contributed by atoms with Crippen LogP contribution >= 0.6 is 0 Å². The molecule has 148 valence electrons. The predicted molar refractivity (Wildman–Crippen MR) is 108 cm³/mol. The topological polar surface area (TPSA) is 51.2 Å². The average Bonchev–Trinajstić information content (AvgIpc) is 3.36. The summed E-state index contributed by atoms with van der Waals surface area (Å²) >= 11 is 0. The highest BCUT2D eigenvalue weighted by atomic mass is 28.4. The lowest BCUT2D eigenvalue weighted by atomic mass is 9.97. The number of benzene rings is 1. The van der Waals surface area contributed by atoms with E-state index in [1.165, 1.54) is 5.56 Å². The SMILES string of the molecule is C[C@@H]([C@@H]1O[C@H]1CO)[C@H](CCOCc1ccccc1)O[Si](C)(C)C(C)(C)C. The Kier molecular flexibility index (Phi) is 7.45. The van der Waals surface area contributed by atoms with Gasteiger partial charge < -0.3 is 19.0 Å². The number of epoxide rings is 1. The van der Waals surface area contributed by atoms with Crippen molar-refractivity contribution < 1.29 is 19.0 Å². The van der Waals surface area contributed by atoms with E-state index in [1.54, 1.807) is 0 Å². The van der Waals surface area contributed by atoms with Crippen LogP contribution in [0.4, 0.5) is 0 Å². The van der Waals surface area contributed by atoms with Crippen LogP contribution in [0.15, 0.2) is 30.3 Å². The van der Waals surface area contributed by atoms with Gasteiger partial charge in [0.25, 0.3) is 0 Å². The van der Waals surface area contributed by atoms with Gasteiger partial charge in [0, 0.05) is 12.5 Å². The molecule has 0 aliphatic carbocycles. The maximum atomic E-state index is 9.33. The zero-order chi connectivity index (χ0) is 19.4. The maximum absolute atomic E-state index is 9.33. The van der Waals surface area contributed by atoms with Gasteiger partial charge in [0.1, 0.15) is 6.10 Å². The fraction of sp³-hybridized carbons (Fsp3) is 0.714. The Balaban J connectivity index is 1.92. The molecule has 1 fully saturated rings. The highest BCUT2D eigenvalue weighted by molar-refractivity contribution is 6.74. The molecule has 1 heterocycles. The number of hydrogen-bond acceptors (Lipinski definition) is 4. The molecule has 0 aromatic heterocycles. The van der Waals surface area contributed by atoms with E-state index in [0.717, 1.165) is 6.42 Å². The lowest BCUT2D eigenvalue weighted by molar-refractivity contribution is 0.0481. The van der Waals surface area contributed by atoms with Gasteiger partial charge in [-0.3, -0.25) is 0 Å². The molecule has 0 unspecified atom stereocenters. The quantitative estimate of drug-likeness (QED) is 0.372. The van der Waals surface area contributed by atoms with Crippen molar-refractivity contribution in [2.45, 2.75) is 77.2 Å². The molecule has 0 radical (unpaired) electrons. The highest BCUT2D eigenvalue weighted by Gasteiger charge is 2.48. The van der Waals surface area contributed by atoms with E-state index >= 15 is 0 Å². The zero-order valence-corrected chi connectivity index (χ0v) is 18.2. The molecule has 26 heavy (non-hydrogen) atoms. The van der Waals surface area contributed by atoms with E-state index in [-0.39, 0.29) is 35.9 Å². The Bertz CT molecular complexity index is 541. The third kappa shape index (κ3) is 5.89. The largest absolute Gasteiger partial charge is 0.413 e. The summed E-state index contributed by atoms with van der Waals surface area (Å²) in [6.45, 7) is 14.9. The first kappa shape index (κ1) is 21.6. The van der Waals surface area contributed by atoms with Crippen molar-refractivity contribution in [3.63, 3.8) is 0 Å². The molecule has 0 saturated carbocycles. The number of aliphatic hydroxyl groups excluding tert-OH is 1. The van der Waals surface area contributed by atoms with Crippen LogP contribution in [-0.2, 0) is 20.5 Å². The minimum atomic E-state index is -1.88. The van der Waals surface area contributed by atoms with Crippen LogP contribution in [0.5, 0.6) is 0 Å². The highest BCUT2D eigenvalue weighted by Crippen LogP contribution is 2.40. The lowest BCUT2D eigenvalue weighted by Crippen LogP contribution is -2.46. The molecule has 5 heteroatoms. The monoisotopic (exact) mass is 380 g/mol. The third-order valence-electron chi connectivity index (χ3n) is 5.82. The molecule has 0 spiro atoms. The molecule has 1 aromatic carbocycles. The van der Waals surface area contributed by atoms with Crippen LogP contribution in [-0.4, -0.2) is 44.9 Å².